The molecule has 1 heterocycles. The summed E-state index contributed by atoms with van der Waals surface area (Å²) < 4.78 is 5.41. The molecule has 0 spiro atoms. The number of alkyl carbamates (subject to hydrolysis) is 1. The van der Waals surface area contributed by atoms with E-state index < -0.39 is 17.1 Å². The van der Waals surface area contributed by atoms with Crippen LogP contribution < -0.4 is 5.32 Å². The van der Waals surface area contributed by atoms with E-state index in [9.17, 15) is 9.59 Å². The minimum atomic E-state index is -0.524. The number of carbonyl (C=O) groups excluding carboxylic acids is 2. The van der Waals surface area contributed by atoms with E-state index in [0.717, 1.165) is 25.8 Å². The third-order valence-corrected chi connectivity index (χ3v) is 6.44. The Hall–Kier alpha value is -2.30. The van der Waals surface area contributed by atoms with Crippen LogP contribution in [0.5, 0.6) is 0 Å². The Kier molecular flexibility index (Phi) is 6.59. The van der Waals surface area contributed by atoms with Crippen molar-refractivity contribution >= 4 is 17.6 Å². The molecule has 2 atom stereocenters. The Labute approximate surface area is 180 Å². The Balaban J connectivity index is 1.66. The van der Waals surface area contributed by atoms with Crippen LogP contribution in [0.1, 0.15) is 65.9 Å². The van der Waals surface area contributed by atoms with E-state index in [1.165, 1.54) is 11.1 Å². The summed E-state index contributed by atoms with van der Waals surface area (Å²) in [6.45, 7) is 11.2. The van der Waals surface area contributed by atoms with Crippen LogP contribution in [0.25, 0.3) is 5.57 Å². The van der Waals surface area contributed by atoms with Crippen molar-refractivity contribution in [2.24, 2.45) is 11.3 Å². The third-order valence-electron chi connectivity index (χ3n) is 6.44. The number of hydrogen-bond donors (Lipinski definition) is 1. The van der Waals surface area contributed by atoms with Crippen molar-refractivity contribution in [1.29, 1.82) is 0 Å². The first kappa shape index (κ1) is 22.4. The van der Waals surface area contributed by atoms with Crippen LogP contribution >= 0.6 is 0 Å². The fourth-order valence-electron chi connectivity index (χ4n) is 4.72. The zero-order valence-corrected chi connectivity index (χ0v) is 19.0. The molecule has 0 aromatic heterocycles. The van der Waals surface area contributed by atoms with Crippen molar-refractivity contribution in [2.45, 2.75) is 71.9 Å². The molecule has 0 saturated heterocycles. The van der Waals surface area contributed by atoms with E-state index in [1.54, 1.807) is 0 Å². The van der Waals surface area contributed by atoms with Gasteiger partial charge in [0.2, 0.25) is 5.91 Å². The van der Waals surface area contributed by atoms with Crippen LogP contribution in [0.3, 0.4) is 0 Å². The standard InChI is InChI=1S/C25H36N2O3/c1-18(2)25(14-11-21(17-25)26-23(29)30-24(3,4)5)22(28)27-15-12-20(13-16-27)19-9-7-6-8-10-19/h6-10,12,18,21H,11,13-17H2,1-5H3,(H,26,29)/t21?,25-/m0/s1. The summed E-state index contributed by atoms with van der Waals surface area (Å²) >= 11 is 0. The molecule has 1 aromatic rings. The molecule has 1 N–H and O–H groups in total. The number of ether oxygens (including phenoxy) is 1. The first-order valence-electron chi connectivity index (χ1n) is 11.1. The molecule has 0 bridgehead atoms. The number of hydrogen-bond acceptors (Lipinski definition) is 3. The van der Waals surface area contributed by atoms with Crippen LogP contribution in [0, 0.1) is 11.3 Å². The fourth-order valence-corrected chi connectivity index (χ4v) is 4.72. The quantitative estimate of drug-likeness (QED) is 0.755. The molecular weight excluding hydrogens is 376 g/mol. The van der Waals surface area contributed by atoms with Gasteiger partial charge in [0.1, 0.15) is 5.60 Å². The van der Waals surface area contributed by atoms with E-state index >= 15 is 0 Å². The molecule has 1 unspecified atom stereocenters. The van der Waals surface area contributed by atoms with E-state index in [4.69, 9.17) is 4.74 Å². The highest BCUT2D eigenvalue weighted by Crippen LogP contribution is 2.46. The van der Waals surface area contributed by atoms with Crippen molar-refractivity contribution < 1.29 is 14.3 Å². The summed E-state index contributed by atoms with van der Waals surface area (Å²) in [4.78, 5) is 27.8. The highest BCUT2D eigenvalue weighted by molar-refractivity contribution is 5.85. The molecule has 1 aliphatic heterocycles. The van der Waals surface area contributed by atoms with Crippen molar-refractivity contribution in [3.8, 4) is 0 Å². The van der Waals surface area contributed by atoms with Crippen molar-refractivity contribution in [1.82, 2.24) is 10.2 Å². The Morgan fingerprint density at radius 3 is 2.47 bits per heavy atom. The summed E-state index contributed by atoms with van der Waals surface area (Å²) in [6, 6.07) is 10.4. The second kappa shape index (κ2) is 8.83. The molecule has 0 radical (unpaired) electrons. The van der Waals surface area contributed by atoms with Gasteiger partial charge in [0.05, 0.1) is 5.41 Å². The van der Waals surface area contributed by atoms with Gasteiger partial charge in [-0.25, -0.2) is 4.79 Å². The molecule has 5 heteroatoms. The lowest BCUT2D eigenvalue weighted by Crippen LogP contribution is -2.48. The Morgan fingerprint density at radius 2 is 1.90 bits per heavy atom. The van der Waals surface area contributed by atoms with Gasteiger partial charge in [0.25, 0.3) is 0 Å². The maximum absolute atomic E-state index is 13.6. The predicted molar refractivity (Wildman–Crippen MR) is 120 cm³/mol. The van der Waals surface area contributed by atoms with Gasteiger partial charge in [-0.1, -0.05) is 50.3 Å². The molecule has 5 nitrogen and oxygen atoms in total. The van der Waals surface area contributed by atoms with Gasteiger partial charge in [-0.05, 0) is 63.5 Å². The maximum atomic E-state index is 13.6. The molecule has 2 amide bonds. The largest absolute Gasteiger partial charge is 0.444 e. The topological polar surface area (TPSA) is 58.6 Å². The normalized spacial score (nSPS) is 24.5. The van der Waals surface area contributed by atoms with Crippen LogP contribution in [-0.2, 0) is 9.53 Å². The molecule has 1 saturated carbocycles. The summed E-state index contributed by atoms with van der Waals surface area (Å²) in [5.41, 5.74) is 1.61. The van der Waals surface area contributed by atoms with E-state index in [2.05, 4.69) is 49.5 Å². The summed E-state index contributed by atoms with van der Waals surface area (Å²) in [7, 11) is 0. The Bertz CT molecular complexity index is 794. The zero-order valence-electron chi connectivity index (χ0n) is 19.0. The lowest BCUT2D eigenvalue weighted by Gasteiger charge is -2.39. The number of amides is 2. The van der Waals surface area contributed by atoms with Crippen molar-refractivity contribution in [3.05, 3.63) is 42.0 Å². The lowest BCUT2D eigenvalue weighted by molar-refractivity contribution is -0.144. The predicted octanol–water partition coefficient (Wildman–Crippen LogP) is 5.02. The van der Waals surface area contributed by atoms with Crippen LogP contribution in [0.2, 0.25) is 0 Å². The molecule has 30 heavy (non-hydrogen) atoms. The van der Waals surface area contributed by atoms with Gasteiger partial charge in [0.15, 0.2) is 0 Å². The van der Waals surface area contributed by atoms with Gasteiger partial charge in [-0.15, -0.1) is 0 Å². The molecule has 2 aliphatic rings. The van der Waals surface area contributed by atoms with E-state index in [1.807, 2.05) is 31.7 Å². The minimum Gasteiger partial charge on any atom is -0.444 e. The van der Waals surface area contributed by atoms with Crippen molar-refractivity contribution in [3.63, 3.8) is 0 Å². The number of benzene rings is 1. The average molecular weight is 413 g/mol. The second-order valence-electron chi connectivity index (χ2n) is 9.99. The van der Waals surface area contributed by atoms with Gasteiger partial charge in [0, 0.05) is 19.1 Å². The average Bonchev–Trinajstić information content (AvgIpc) is 3.12. The minimum absolute atomic E-state index is 0.0218. The third kappa shape index (κ3) is 5.05. The van der Waals surface area contributed by atoms with Crippen LogP contribution in [0.15, 0.2) is 36.4 Å². The molecule has 1 fully saturated rings. The highest BCUT2D eigenvalue weighted by Gasteiger charge is 2.49. The lowest BCUT2D eigenvalue weighted by atomic mass is 9.74. The first-order valence-corrected chi connectivity index (χ1v) is 11.1. The molecule has 1 aromatic carbocycles. The van der Waals surface area contributed by atoms with Gasteiger partial charge >= 0.3 is 6.09 Å². The van der Waals surface area contributed by atoms with Gasteiger partial charge in [-0.3, -0.25) is 4.79 Å². The SMILES string of the molecule is CC(C)[C@]1(C(=O)N2CC=C(c3ccccc3)CC2)CCC(NC(=O)OC(C)(C)C)C1. The number of nitrogens with one attached hydrogen (secondary N) is 1. The Morgan fingerprint density at radius 1 is 1.20 bits per heavy atom. The second-order valence-corrected chi connectivity index (χ2v) is 9.99. The van der Waals surface area contributed by atoms with Gasteiger partial charge in [-0.2, -0.15) is 0 Å². The smallest absolute Gasteiger partial charge is 0.407 e. The van der Waals surface area contributed by atoms with Crippen LogP contribution in [0.4, 0.5) is 4.79 Å². The fraction of sp³-hybridized carbons (Fsp3) is 0.600. The number of nitrogens with zero attached hydrogens (tertiary/aromatic N) is 1. The number of carbonyl (C=O) groups is 2. The zero-order chi connectivity index (χ0) is 21.9. The van der Waals surface area contributed by atoms with Crippen LogP contribution in [-0.4, -0.2) is 41.6 Å². The summed E-state index contributed by atoms with van der Waals surface area (Å²) in [6.07, 6.45) is 4.96. The highest BCUT2D eigenvalue weighted by atomic mass is 16.6. The molecule has 164 valence electrons. The molecule has 3 rings (SSSR count). The number of rotatable bonds is 4. The maximum Gasteiger partial charge on any atom is 0.407 e. The molecule has 1 aliphatic carbocycles. The van der Waals surface area contributed by atoms with E-state index in [-0.39, 0.29) is 17.9 Å². The summed E-state index contributed by atoms with van der Waals surface area (Å²) in [5.74, 6) is 0.448. The first-order chi connectivity index (χ1) is 14.1. The monoisotopic (exact) mass is 412 g/mol. The molecular formula is C25H36N2O3. The van der Waals surface area contributed by atoms with Gasteiger partial charge < -0.3 is 15.0 Å². The summed E-state index contributed by atoms with van der Waals surface area (Å²) in [5, 5.41) is 2.99. The van der Waals surface area contributed by atoms with Crippen molar-refractivity contribution in [2.75, 3.05) is 13.1 Å². The van der Waals surface area contributed by atoms with E-state index in [0.29, 0.717) is 13.0 Å².